The van der Waals surface area contributed by atoms with Crippen LogP contribution in [0.5, 0.6) is 5.75 Å². The van der Waals surface area contributed by atoms with Crippen molar-refractivity contribution >= 4 is 11.6 Å². The second-order valence-corrected chi connectivity index (χ2v) is 7.00. The zero-order chi connectivity index (χ0) is 19.9. The minimum Gasteiger partial charge on any atom is -0.483 e. The number of para-hydroxylation sites is 2. The van der Waals surface area contributed by atoms with E-state index in [0.29, 0.717) is 18.8 Å². The third-order valence-electron chi connectivity index (χ3n) is 5.08. The van der Waals surface area contributed by atoms with Gasteiger partial charge in [0.2, 0.25) is 0 Å². The Morgan fingerprint density at radius 2 is 1.93 bits per heavy atom. The lowest BCUT2D eigenvalue weighted by Gasteiger charge is -2.36. The number of piperazine rings is 1. The van der Waals surface area contributed by atoms with E-state index in [0.717, 1.165) is 49.9 Å². The van der Waals surface area contributed by atoms with Gasteiger partial charge in [0.15, 0.2) is 0 Å². The van der Waals surface area contributed by atoms with Crippen molar-refractivity contribution in [1.82, 2.24) is 15.2 Å². The number of benzene rings is 1. The Bertz CT molecular complexity index is 885. The lowest BCUT2D eigenvalue weighted by Crippen LogP contribution is -2.48. The largest absolute Gasteiger partial charge is 0.483 e. The van der Waals surface area contributed by atoms with Gasteiger partial charge in [-0.2, -0.15) is 0 Å². The second-order valence-electron chi connectivity index (χ2n) is 7.00. The van der Waals surface area contributed by atoms with Gasteiger partial charge < -0.3 is 24.4 Å². The number of rotatable bonds is 8. The van der Waals surface area contributed by atoms with Crippen molar-refractivity contribution in [3.05, 3.63) is 72.4 Å². The molecule has 152 valence electrons. The molecule has 2 N–H and O–H groups in total. The summed E-state index contributed by atoms with van der Waals surface area (Å²) < 4.78 is 11.3. The Hall–Kier alpha value is -3.19. The first-order valence-electron chi connectivity index (χ1n) is 9.93. The van der Waals surface area contributed by atoms with Crippen LogP contribution in [0.2, 0.25) is 0 Å². The molecule has 1 amide bonds. The molecule has 29 heavy (non-hydrogen) atoms. The van der Waals surface area contributed by atoms with E-state index >= 15 is 0 Å². The van der Waals surface area contributed by atoms with Crippen molar-refractivity contribution in [3.63, 3.8) is 0 Å². The van der Waals surface area contributed by atoms with Crippen LogP contribution < -0.4 is 15.0 Å². The van der Waals surface area contributed by atoms with Gasteiger partial charge in [0.05, 0.1) is 12.0 Å². The second kappa shape index (κ2) is 9.34. The number of aromatic amines is 1. The highest BCUT2D eigenvalue weighted by Gasteiger charge is 2.20. The van der Waals surface area contributed by atoms with Crippen molar-refractivity contribution in [2.24, 2.45) is 0 Å². The predicted octanol–water partition coefficient (Wildman–Crippen LogP) is 2.74. The van der Waals surface area contributed by atoms with E-state index < -0.39 is 0 Å². The quantitative estimate of drug-likeness (QED) is 0.615. The highest BCUT2D eigenvalue weighted by Crippen LogP contribution is 2.29. The van der Waals surface area contributed by atoms with Crippen LogP contribution in [0.1, 0.15) is 16.2 Å². The van der Waals surface area contributed by atoms with E-state index in [1.54, 1.807) is 18.5 Å². The molecule has 0 aliphatic carbocycles. The number of ether oxygens (including phenoxy) is 1. The fourth-order valence-corrected chi connectivity index (χ4v) is 3.49. The minimum atomic E-state index is -0.0590. The van der Waals surface area contributed by atoms with Gasteiger partial charge in [-0.15, -0.1) is 0 Å². The first-order chi connectivity index (χ1) is 14.3. The summed E-state index contributed by atoms with van der Waals surface area (Å²) in [6, 6.07) is 15.5. The molecule has 4 rings (SSSR count). The van der Waals surface area contributed by atoms with E-state index in [4.69, 9.17) is 9.15 Å². The van der Waals surface area contributed by atoms with Gasteiger partial charge >= 0.3 is 0 Å². The zero-order valence-corrected chi connectivity index (χ0v) is 16.3. The van der Waals surface area contributed by atoms with Crippen molar-refractivity contribution < 1.29 is 13.9 Å². The SMILES string of the molecule is O=C(NCCN1CCN(c2ccccc2OCc2ccco2)CC1)c1ccc[nH]1. The van der Waals surface area contributed by atoms with Crippen LogP contribution in [-0.4, -0.2) is 55.1 Å². The number of amides is 1. The van der Waals surface area contributed by atoms with Crippen LogP contribution in [0.4, 0.5) is 5.69 Å². The van der Waals surface area contributed by atoms with Gasteiger partial charge in [-0.3, -0.25) is 9.69 Å². The molecule has 1 aliphatic rings. The summed E-state index contributed by atoms with van der Waals surface area (Å²) in [4.78, 5) is 19.6. The van der Waals surface area contributed by atoms with Crippen LogP contribution in [0.25, 0.3) is 0 Å². The van der Waals surface area contributed by atoms with E-state index in [-0.39, 0.29) is 5.91 Å². The average molecular weight is 394 g/mol. The molecule has 0 spiro atoms. The lowest BCUT2D eigenvalue weighted by molar-refractivity contribution is 0.0943. The number of anilines is 1. The van der Waals surface area contributed by atoms with Crippen LogP contribution in [0.3, 0.4) is 0 Å². The maximum Gasteiger partial charge on any atom is 0.267 e. The molecule has 7 heteroatoms. The fourth-order valence-electron chi connectivity index (χ4n) is 3.49. The van der Waals surface area contributed by atoms with E-state index in [1.165, 1.54) is 0 Å². The molecular formula is C22H26N4O3. The Balaban J connectivity index is 1.24. The van der Waals surface area contributed by atoms with Crippen LogP contribution >= 0.6 is 0 Å². The predicted molar refractivity (Wildman–Crippen MR) is 111 cm³/mol. The molecule has 0 atom stereocenters. The molecule has 1 aliphatic heterocycles. The number of aromatic nitrogens is 1. The molecule has 0 radical (unpaired) electrons. The van der Waals surface area contributed by atoms with Crippen LogP contribution in [0, 0.1) is 0 Å². The van der Waals surface area contributed by atoms with Gasteiger partial charge in [-0.25, -0.2) is 0 Å². The van der Waals surface area contributed by atoms with Crippen LogP contribution in [-0.2, 0) is 6.61 Å². The summed E-state index contributed by atoms with van der Waals surface area (Å²) in [6.07, 6.45) is 3.41. The molecule has 1 fully saturated rings. The molecule has 0 saturated carbocycles. The monoisotopic (exact) mass is 394 g/mol. The molecule has 1 aromatic carbocycles. The molecule has 2 aromatic heterocycles. The topological polar surface area (TPSA) is 73.7 Å². The maximum absolute atomic E-state index is 12.0. The van der Waals surface area contributed by atoms with Crippen molar-refractivity contribution in [1.29, 1.82) is 0 Å². The van der Waals surface area contributed by atoms with Gasteiger partial charge in [0.25, 0.3) is 5.91 Å². The third kappa shape index (κ3) is 5.00. The molecule has 0 bridgehead atoms. The Morgan fingerprint density at radius 3 is 2.69 bits per heavy atom. The summed E-state index contributed by atoms with van der Waals surface area (Å²) in [6.45, 7) is 5.65. The fraction of sp³-hybridized carbons (Fsp3) is 0.318. The first-order valence-corrected chi connectivity index (χ1v) is 9.93. The number of furan rings is 1. The summed E-state index contributed by atoms with van der Waals surface area (Å²) in [5, 5.41) is 2.96. The molecule has 3 heterocycles. The number of nitrogens with zero attached hydrogens (tertiary/aromatic N) is 2. The number of hydrogen-bond donors (Lipinski definition) is 2. The molecule has 3 aromatic rings. The Kier molecular flexibility index (Phi) is 6.16. The molecule has 0 unspecified atom stereocenters. The summed E-state index contributed by atoms with van der Waals surface area (Å²) in [5.74, 6) is 1.62. The number of H-pyrrole nitrogens is 1. The van der Waals surface area contributed by atoms with E-state index in [1.807, 2.05) is 36.4 Å². The molecule has 1 saturated heterocycles. The van der Waals surface area contributed by atoms with E-state index in [2.05, 4.69) is 26.2 Å². The van der Waals surface area contributed by atoms with Gasteiger partial charge in [0.1, 0.15) is 23.8 Å². The minimum absolute atomic E-state index is 0.0590. The molecule has 7 nitrogen and oxygen atoms in total. The van der Waals surface area contributed by atoms with Gasteiger partial charge in [-0.05, 0) is 36.4 Å². The Morgan fingerprint density at radius 1 is 1.07 bits per heavy atom. The van der Waals surface area contributed by atoms with Gasteiger partial charge in [0, 0.05) is 45.5 Å². The van der Waals surface area contributed by atoms with E-state index in [9.17, 15) is 4.79 Å². The standard InChI is InChI=1S/C22H26N4O3/c27-22(19-6-3-9-23-19)24-10-11-25-12-14-26(15-13-25)20-7-1-2-8-21(20)29-17-18-5-4-16-28-18/h1-9,16,23H,10-15,17H2,(H,24,27). The van der Waals surface area contributed by atoms with Crippen LogP contribution in [0.15, 0.2) is 65.4 Å². The average Bonchev–Trinajstić information content (AvgIpc) is 3.47. The van der Waals surface area contributed by atoms with Gasteiger partial charge in [-0.1, -0.05) is 12.1 Å². The highest BCUT2D eigenvalue weighted by molar-refractivity contribution is 5.92. The zero-order valence-electron chi connectivity index (χ0n) is 16.3. The maximum atomic E-state index is 12.0. The van der Waals surface area contributed by atoms with Crippen molar-refractivity contribution in [2.45, 2.75) is 6.61 Å². The summed E-state index contributed by atoms with van der Waals surface area (Å²) >= 11 is 0. The number of carbonyl (C=O) groups is 1. The molecular weight excluding hydrogens is 368 g/mol. The number of hydrogen-bond acceptors (Lipinski definition) is 5. The summed E-state index contributed by atoms with van der Waals surface area (Å²) in [7, 11) is 0. The third-order valence-corrected chi connectivity index (χ3v) is 5.08. The van der Waals surface area contributed by atoms with Crippen molar-refractivity contribution in [2.75, 3.05) is 44.2 Å². The first kappa shape index (κ1) is 19.1. The Labute approximate surface area is 170 Å². The van der Waals surface area contributed by atoms with Crippen molar-refractivity contribution in [3.8, 4) is 5.75 Å². The number of nitrogens with one attached hydrogen (secondary N) is 2. The lowest BCUT2D eigenvalue weighted by atomic mass is 10.2. The normalized spacial score (nSPS) is 14.7. The smallest absolute Gasteiger partial charge is 0.267 e. The highest BCUT2D eigenvalue weighted by atomic mass is 16.5. The summed E-state index contributed by atoms with van der Waals surface area (Å²) in [5.41, 5.74) is 1.71. The number of carbonyl (C=O) groups excluding carboxylic acids is 1.